The topological polar surface area (TPSA) is 46.2 Å². The van der Waals surface area contributed by atoms with Gasteiger partial charge in [-0.05, 0) is 37.6 Å². The molecule has 1 unspecified atom stereocenters. The quantitative estimate of drug-likeness (QED) is 0.412. The van der Waals surface area contributed by atoms with Crippen LogP contribution in [0, 0.1) is 6.92 Å². The Labute approximate surface area is 162 Å². The minimum absolute atomic E-state index is 0.231. The molecule has 0 aliphatic rings. The summed E-state index contributed by atoms with van der Waals surface area (Å²) in [5.74, 6) is 0. The van der Waals surface area contributed by atoms with Crippen molar-refractivity contribution >= 4 is 21.8 Å². The van der Waals surface area contributed by atoms with Gasteiger partial charge in [0, 0.05) is 16.7 Å². The molecule has 1 atom stereocenters. The summed E-state index contributed by atoms with van der Waals surface area (Å²) in [5.41, 5.74) is 1.05. The molecule has 0 aromatic heterocycles. The average Bonchev–Trinajstić information content (AvgIpc) is 2.64. The minimum atomic E-state index is -3.46. The zero-order valence-electron chi connectivity index (χ0n) is 15.6. The number of sulfonamides is 1. The summed E-state index contributed by atoms with van der Waals surface area (Å²) in [6.07, 6.45) is 5.78. The Morgan fingerprint density at radius 2 is 1.65 bits per heavy atom. The van der Waals surface area contributed by atoms with Crippen LogP contribution < -0.4 is 4.72 Å². The lowest BCUT2D eigenvalue weighted by atomic mass is 10.1. The van der Waals surface area contributed by atoms with Crippen LogP contribution in [0.25, 0.3) is 0 Å². The van der Waals surface area contributed by atoms with Crippen LogP contribution in [0.2, 0.25) is 0 Å². The van der Waals surface area contributed by atoms with E-state index in [9.17, 15) is 8.42 Å². The van der Waals surface area contributed by atoms with Crippen molar-refractivity contribution < 1.29 is 8.42 Å². The van der Waals surface area contributed by atoms with Crippen molar-refractivity contribution in [3.8, 4) is 0 Å². The molecular formula is C21H29NO2S2. The molecule has 2 aromatic rings. The van der Waals surface area contributed by atoms with Gasteiger partial charge in [-0.25, -0.2) is 13.1 Å². The van der Waals surface area contributed by atoms with Gasteiger partial charge in [-0.3, -0.25) is 0 Å². The highest BCUT2D eigenvalue weighted by atomic mass is 32.2. The standard InChI is InChI=1S/C21H29NO2S2/c1-3-4-5-7-12-20(25-19-10-8-6-9-11-19)17-22-26(23,24)21-15-13-18(2)14-16-21/h6,8-11,13-16,20,22H,3-5,7,12,17H2,1-2H3. The van der Waals surface area contributed by atoms with Gasteiger partial charge in [-0.1, -0.05) is 68.5 Å². The molecular weight excluding hydrogens is 362 g/mol. The summed E-state index contributed by atoms with van der Waals surface area (Å²) in [7, 11) is -3.46. The largest absolute Gasteiger partial charge is 0.240 e. The second-order valence-corrected chi connectivity index (χ2v) is 9.71. The zero-order valence-corrected chi connectivity index (χ0v) is 17.3. The smallest absolute Gasteiger partial charge is 0.210 e. The molecule has 0 radical (unpaired) electrons. The second kappa shape index (κ2) is 10.8. The van der Waals surface area contributed by atoms with Crippen LogP contribution in [0.3, 0.4) is 0 Å². The van der Waals surface area contributed by atoms with E-state index >= 15 is 0 Å². The van der Waals surface area contributed by atoms with E-state index in [1.165, 1.54) is 24.2 Å². The number of benzene rings is 2. The van der Waals surface area contributed by atoms with Gasteiger partial charge in [0.15, 0.2) is 0 Å². The number of aryl methyl sites for hydroxylation is 1. The van der Waals surface area contributed by atoms with Gasteiger partial charge in [-0.2, -0.15) is 0 Å². The first-order chi connectivity index (χ1) is 12.5. The molecule has 0 saturated carbocycles. The monoisotopic (exact) mass is 391 g/mol. The van der Waals surface area contributed by atoms with Crippen LogP contribution >= 0.6 is 11.8 Å². The summed E-state index contributed by atoms with van der Waals surface area (Å²) < 4.78 is 27.9. The average molecular weight is 392 g/mol. The number of nitrogens with one attached hydrogen (secondary N) is 1. The molecule has 142 valence electrons. The van der Waals surface area contributed by atoms with E-state index in [0.29, 0.717) is 11.4 Å². The third-order valence-corrected chi connectivity index (χ3v) is 6.98. The van der Waals surface area contributed by atoms with Crippen LogP contribution in [0.5, 0.6) is 0 Å². The van der Waals surface area contributed by atoms with Crippen LogP contribution in [0.4, 0.5) is 0 Å². The van der Waals surface area contributed by atoms with Crippen molar-refractivity contribution in [1.82, 2.24) is 4.72 Å². The second-order valence-electron chi connectivity index (χ2n) is 6.57. The summed E-state index contributed by atoms with van der Waals surface area (Å²) in [5, 5.41) is 0.231. The molecule has 3 nitrogen and oxygen atoms in total. The van der Waals surface area contributed by atoms with Crippen molar-refractivity contribution in [3.63, 3.8) is 0 Å². The Kier molecular flexibility index (Phi) is 8.69. The van der Waals surface area contributed by atoms with Gasteiger partial charge in [0.05, 0.1) is 4.90 Å². The lowest BCUT2D eigenvalue weighted by molar-refractivity contribution is 0.571. The lowest BCUT2D eigenvalue weighted by Crippen LogP contribution is -2.30. The van der Waals surface area contributed by atoms with E-state index in [-0.39, 0.29) is 5.25 Å². The summed E-state index contributed by atoms with van der Waals surface area (Å²) in [6, 6.07) is 17.2. The first-order valence-corrected chi connectivity index (χ1v) is 11.7. The van der Waals surface area contributed by atoms with Gasteiger partial charge in [0.2, 0.25) is 10.0 Å². The molecule has 0 spiro atoms. The fourth-order valence-corrected chi connectivity index (χ4v) is 5.03. The highest BCUT2D eigenvalue weighted by Gasteiger charge is 2.17. The molecule has 5 heteroatoms. The first-order valence-electron chi connectivity index (χ1n) is 9.29. The maximum Gasteiger partial charge on any atom is 0.240 e. The number of unbranched alkanes of at least 4 members (excludes halogenated alkanes) is 3. The predicted octanol–water partition coefficient (Wildman–Crippen LogP) is 5.40. The van der Waals surface area contributed by atoms with Crippen molar-refractivity contribution in [2.75, 3.05) is 6.54 Å². The lowest BCUT2D eigenvalue weighted by Gasteiger charge is -2.17. The number of rotatable bonds is 11. The van der Waals surface area contributed by atoms with Gasteiger partial charge in [-0.15, -0.1) is 11.8 Å². The molecule has 0 fully saturated rings. The summed E-state index contributed by atoms with van der Waals surface area (Å²) in [6.45, 7) is 4.60. The van der Waals surface area contributed by atoms with Crippen molar-refractivity contribution in [2.24, 2.45) is 0 Å². The van der Waals surface area contributed by atoms with E-state index < -0.39 is 10.0 Å². The highest BCUT2D eigenvalue weighted by molar-refractivity contribution is 8.00. The number of hydrogen-bond donors (Lipinski definition) is 1. The molecule has 0 saturated heterocycles. The Bertz CT molecular complexity index is 743. The molecule has 0 amide bonds. The van der Waals surface area contributed by atoms with Gasteiger partial charge >= 0.3 is 0 Å². The van der Waals surface area contributed by atoms with Crippen LogP contribution in [0.1, 0.15) is 44.6 Å². The molecule has 0 aliphatic heterocycles. The van der Waals surface area contributed by atoms with Crippen molar-refractivity contribution in [3.05, 3.63) is 60.2 Å². The Hall–Kier alpha value is -1.30. The molecule has 0 heterocycles. The summed E-state index contributed by atoms with van der Waals surface area (Å²) >= 11 is 1.76. The maximum absolute atomic E-state index is 12.6. The van der Waals surface area contributed by atoms with Crippen LogP contribution in [0.15, 0.2) is 64.4 Å². The van der Waals surface area contributed by atoms with E-state index in [1.807, 2.05) is 37.3 Å². The summed E-state index contributed by atoms with van der Waals surface area (Å²) in [4.78, 5) is 1.51. The van der Waals surface area contributed by atoms with Crippen molar-refractivity contribution in [2.45, 2.75) is 61.0 Å². The first kappa shape index (κ1) is 21.0. The van der Waals surface area contributed by atoms with E-state index in [2.05, 4.69) is 23.8 Å². The predicted molar refractivity (Wildman–Crippen MR) is 111 cm³/mol. The molecule has 2 rings (SSSR count). The fraction of sp³-hybridized carbons (Fsp3) is 0.429. The molecule has 0 bridgehead atoms. The maximum atomic E-state index is 12.6. The van der Waals surface area contributed by atoms with Crippen LogP contribution in [-0.4, -0.2) is 20.2 Å². The normalized spacial score (nSPS) is 12.8. The van der Waals surface area contributed by atoms with E-state index in [4.69, 9.17) is 0 Å². The third-order valence-electron chi connectivity index (χ3n) is 4.26. The molecule has 0 aliphatic carbocycles. The van der Waals surface area contributed by atoms with Gasteiger partial charge in [0.25, 0.3) is 0 Å². The fourth-order valence-electron chi connectivity index (χ4n) is 2.70. The van der Waals surface area contributed by atoms with E-state index in [0.717, 1.165) is 18.4 Å². The number of thioether (sulfide) groups is 1. The third kappa shape index (κ3) is 7.14. The van der Waals surface area contributed by atoms with Gasteiger partial charge < -0.3 is 0 Å². The SMILES string of the molecule is CCCCCCC(CNS(=O)(=O)c1ccc(C)cc1)Sc1ccccc1. The Balaban J connectivity index is 1.99. The molecule has 1 N–H and O–H groups in total. The Morgan fingerprint density at radius 1 is 0.962 bits per heavy atom. The Morgan fingerprint density at radius 3 is 2.31 bits per heavy atom. The molecule has 26 heavy (non-hydrogen) atoms. The zero-order chi connectivity index (χ0) is 18.8. The van der Waals surface area contributed by atoms with Crippen molar-refractivity contribution in [1.29, 1.82) is 0 Å². The van der Waals surface area contributed by atoms with Crippen LogP contribution in [-0.2, 0) is 10.0 Å². The number of hydrogen-bond acceptors (Lipinski definition) is 3. The minimum Gasteiger partial charge on any atom is -0.210 e. The van der Waals surface area contributed by atoms with Gasteiger partial charge in [0.1, 0.15) is 0 Å². The van der Waals surface area contributed by atoms with E-state index in [1.54, 1.807) is 23.9 Å². The highest BCUT2D eigenvalue weighted by Crippen LogP contribution is 2.27. The molecule has 2 aromatic carbocycles.